The Bertz CT molecular complexity index is 667. The molecule has 0 aromatic heterocycles. The van der Waals surface area contributed by atoms with Crippen molar-refractivity contribution in [3.05, 3.63) is 23.3 Å². The Morgan fingerprint density at radius 2 is 1.56 bits per heavy atom. The van der Waals surface area contributed by atoms with Gasteiger partial charge in [0.2, 0.25) is 0 Å². The normalized spacial score (nSPS) is 11.6. The minimum atomic E-state index is -1.00. The maximum Gasteiger partial charge on any atom is 0.514 e. The predicted octanol–water partition coefficient (Wildman–Crippen LogP) is 4.49. The molecular weight excluding hydrogens is 344 g/mol. The fraction of sp³-hybridized carbons (Fsp3) is 0.500. The van der Waals surface area contributed by atoms with Crippen molar-refractivity contribution < 1.29 is 28.6 Å². The number of carbonyl (C=O) groups excluding carboxylic acids is 3. The number of aldehydes is 1. The van der Waals surface area contributed by atoms with Gasteiger partial charge in [-0.25, -0.2) is 9.59 Å². The molecule has 0 N–H and O–H groups in total. The first-order valence-electron chi connectivity index (χ1n) is 7.68. The van der Waals surface area contributed by atoms with Gasteiger partial charge < -0.3 is 14.2 Å². The maximum absolute atomic E-state index is 12.6. The average Bonchev–Trinajstić information content (AvgIpc) is 2.42. The molecular formula is C18H24O6S. The van der Waals surface area contributed by atoms with Gasteiger partial charge in [0.1, 0.15) is 16.8 Å². The van der Waals surface area contributed by atoms with Crippen LogP contribution in [0, 0.1) is 0 Å². The lowest BCUT2D eigenvalue weighted by Gasteiger charge is -2.23. The first-order chi connectivity index (χ1) is 11.4. The summed E-state index contributed by atoms with van der Waals surface area (Å²) in [6.07, 6.45) is 1.28. The molecule has 1 rings (SSSR count). The van der Waals surface area contributed by atoms with Gasteiger partial charge in [-0.3, -0.25) is 4.79 Å². The Morgan fingerprint density at radius 1 is 1.00 bits per heavy atom. The van der Waals surface area contributed by atoms with Crippen LogP contribution in [0.15, 0.2) is 17.0 Å². The second-order valence-electron chi connectivity index (χ2n) is 7.25. The second-order valence-corrected chi connectivity index (χ2v) is 8.10. The minimum absolute atomic E-state index is 0.0258. The summed E-state index contributed by atoms with van der Waals surface area (Å²) in [5.74, 6) is -0.843. The van der Waals surface area contributed by atoms with Crippen molar-refractivity contribution in [2.24, 2.45) is 0 Å². The summed E-state index contributed by atoms with van der Waals surface area (Å²) < 4.78 is 15.7. The van der Waals surface area contributed by atoms with E-state index in [2.05, 4.69) is 0 Å². The van der Waals surface area contributed by atoms with E-state index in [4.69, 9.17) is 14.2 Å². The SMILES string of the molecule is CSc1ccc(C=O)c(OC(=O)OC(C)(C)C)c1C(=O)OC(C)(C)C. The van der Waals surface area contributed by atoms with Crippen molar-refractivity contribution >= 4 is 30.2 Å². The maximum atomic E-state index is 12.6. The molecule has 7 heteroatoms. The summed E-state index contributed by atoms with van der Waals surface area (Å²) in [7, 11) is 0. The van der Waals surface area contributed by atoms with Crippen molar-refractivity contribution in [2.45, 2.75) is 57.6 Å². The van der Waals surface area contributed by atoms with E-state index in [1.807, 2.05) is 0 Å². The summed E-state index contributed by atoms with van der Waals surface area (Å²) in [6.45, 7) is 10.2. The van der Waals surface area contributed by atoms with Crippen LogP contribution in [0.1, 0.15) is 62.3 Å². The van der Waals surface area contributed by atoms with Crippen LogP contribution in [0.3, 0.4) is 0 Å². The van der Waals surface area contributed by atoms with Crippen LogP contribution in [0.4, 0.5) is 4.79 Å². The molecule has 0 spiro atoms. The van der Waals surface area contributed by atoms with Crippen LogP contribution in [0.5, 0.6) is 5.75 Å². The number of hydrogen-bond donors (Lipinski definition) is 0. The molecule has 0 bridgehead atoms. The molecule has 0 radical (unpaired) electrons. The third-order valence-electron chi connectivity index (χ3n) is 2.67. The third kappa shape index (κ3) is 6.42. The molecule has 1 aromatic carbocycles. The highest BCUT2D eigenvalue weighted by atomic mass is 32.2. The van der Waals surface area contributed by atoms with Crippen LogP contribution in [0.2, 0.25) is 0 Å². The Labute approximate surface area is 152 Å². The molecule has 0 fully saturated rings. The zero-order valence-corrected chi connectivity index (χ0v) is 16.4. The van der Waals surface area contributed by atoms with E-state index in [0.29, 0.717) is 11.2 Å². The molecule has 0 amide bonds. The lowest BCUT2D eigenvalue weighted by Crippen LogP contribution is -2.28. The zero-order chi connectivity index (χ0) is 19.4. The quantitative estimate of drug-likeness (QED) is 0.335. The standard InChI is InChI=1S/C18H24O6S/c1-17(2,3)23-15(20)13-12(25-7)9-8-11(10-19)14(13)22-16(21)24-18(4,5)6/h8-10H,1-7H3. The van der Waals surface area contributed by atoms with Gasteiger partial charge in [0.15, 0.2) is 12.0 Å². The smallest absolute Gasteiger partial charge is 0.456 e. The molecule has 25 heavy (non-hydrogen) atoms. The van der Waals surface area contributed by atoms with Gasteiger partial charge in [-0.15, -0.1) is 11.8 Å². The van der Waals surface area contributed by atoms with Gasteiger partial charge in [-0.05, 0) is 59.9 Å². The van der Waals surface area contributed by atoms with E-state index in [1.165, 1.54) is 17.8 Å². The average molecular weight is 368 g/mol. The van der Waals surface area contributed by atoms with Crippen LogP contribution >= 0.6 is 11.8 Å². The molecule has 0 saturated heterocycles. The van der Waals surface area contributed by atoms with E-state index in [-0.39, 0.29) is 16.9 Å². The van der Waals surface area contributed by atoms with Crippen molar-refractivity contribution in [3.63, 3.8) is 0 Å². The summed E-state index contributed by atoms with van der Waals surface area (Å²) in [5.41, 5.74) is -1.43. The number of benzene rings is 1. The molecule has 0 atom stereocenters. The molecule has 0 aliphatic heterocycles. The van der Waals surface area contributed by atoms with E-state index in [1.54, 1.807) is 53.9 Å². The van der Waals surface area contributed by atoms with E-state index in [0.717, 1.165) is 0 Å². The largest absolute Gasteiger partial charge is 0.514 e. The number of rotatable bonds is 4. The monoisotopic (exact) mass is 368 g/mol. The molecule has 0 unspecified atom stereocenters. The summed E-state index contributed by atoms with van der Waals surface area (Å²) in [6, 6.07) is 3.09. The summed E-state index contributed by atoms with van der Waals surface area (Å²) >= 11 is 1.27. The van der Waals surface area contributed by atoms with Crippen LogP contribution < -0.4 is 4.74 Å². The lowest BCUT2D eigenvalue weighted by molar-refractivity contribution is 0.00566. The molecule has 138 valence electrons. The molecule has 0 heterocycles. The van der Waals surface area contributed by atoms with Crippen LogP contribution in [0.25, 0.3) is 0 Å². The lowest BCUT2D eigenvalue weighted by atomic mass is 10.1. The summed E-state index contributed by atoms with van der Waals surface area (Å²) in [4.78, 5) is 36.5. The summed E-state index contributed by atoms with van der Waals surface area (Å²) in [5, 5.41) is 0. The number of hydrogen-bond acceptors (Lipinski definition) is 7. The zero-order valence-electron chi connectivity index (χ0n) is 15.6. The van der Waals surface area contributed by atoms with Crippen molar-refractivity contribution in [1.29, 1.82) is 0 Å². The second kappa shape index (κ2) is 7.91. The highest BCUT2D eigenvalue weighted by Crippen LogP contribution is 2.34. The number of thioether (sulfide) groups is 1. The van der Waals surface area contributed by atoms with Crippen LogP contribution in [-0.2, 0) is 9.47 Å². The highest BCUT2D eigenvalue weighted by molar-refractivity contribution is 7.98. The molecule has 6 nitrogen and oxygen atoms in total. The van der Waals surface area contributed by atoms with E-state index in [9.17, 15) is 14.4 Å². The molecule has 0 saturated carbocycles. The Morgan fingerprint density at radius 3 is 2.00 bits per heavy atom. The van der Waals surface area contributed by atoms with Gasteiger partial charge >= 0.3 is 12.1 Å². The van der Waals surface area contributed by atoms with E-state index < -0.39 is 23.3 Å². The first-order valence-corrected chi connectivity index (χ1v) is 8.91. The Balaban J connectivity index is 3.39. The third-order valence-corrected chi connectivity index (χ3v) is 3.45. The fourth-order valence-corrected chi connectivity index (χ4v) is 2.41. The molecule has 1 aromatic rings. The van der Waals surface area contributed by atoms with Crippen LogP contribution in [-0.4, -0.2) is 35.9 Å². The van der Waals surface area contributed by atoms with Gasteiger partial charge in [-0.2, -0.15) is 0 Å². The Kier molecular flexibility index (Phi) is 6.65. The van der Waals surface area contributed by atoms with Gasteiger partial charge in [-0.1, -0.05) is 0 Å². The van der Waals surface area contributed by atoms with Crippen molar-refractivity contribution in [1.82, 2.24) is 0 Å². The topological polar surface area (TPSA) is 78.9 Å². The minimum Gasteiger partial charge on any atom is -0.456 e. The molecule has 0 aliphatic carbocycles. The van der Waals surface area contributed by atoms with Crippen molar-refractivity contribution in [3.8, 4) is 5.75 Å². The fourth-order valence-electron chi connectivity index (χ4n) is 1.83. The first kappa shape index (κ1) is 21.0. The Hall–Kier alpha value is -2.02. The number of esters is 1. The predicted molar refractivity (Wildman–Crippen MR) is 95.6 cm³/mol. The van der Waals surface area contributed by atoms with Gasteiger partial charge in [0, 0.05) is 4.90 Å². The van der Waals surface area contributed by atoms with Gasteiger partial charge in [0.05, 0.1) is 5.56 Å². The van der Waals surface area contributed by atoms with Crippen molar-refractivity contribution in [2.75, 3.05) is 6.26 Å². The van der Waals surface area contributed by atoms with Gasteiger partial charge in [0.25, 0.3) is 0 Å². The highest BCUT2D eigenvalue weighted by Gasteiger charge is 2.29. The van der Waals surface area contributed by atoms with E-state index >= 15 is 0 Å². The number of carbonyl (C=O) groups is 3. The molecule has 0 aliphatic rings. The number of ether oxygens (including phenoxy) is 3.